The number of piperidine rings is 1. The average Bonchev–Trinajstić information content (AvgIpc) is 2.44. The Kier molecular flexibility index (Phi) is 6.04. The van der Waals surface area contributed by atoms with Gasteiger partial charge in [-0.1, -0.05) is 6.92 Å². The number of carbonyl (C=O) groups excluding carboxylic acids is 2. The summed E-state index contributed by atoms with van der Waals surface area (Å²) in [7, 11) is 0. The topological polar surface area (TPSA) is 99.2 Å². The number of hydrogen-bond donors (Lipinski definition) is 2. The van der Waals surface area contributed by atoms with Crippen LogP contribution < -0.4 is 11.1 Å². The molecule has 6 nitrogen and oxygen atoms in total. The van der Waals surface area contributed by atoms with E-state index in [0.717, 1.165) is 6.42 Å². The summed E-state index contributed by atoms with van der Waals surface area (Å²) < 4.78 is 0. The highest BCUT2D eigenvalue weighted by Gasteiger charge is 2.22. The lowest BCUT2D eigenvalue weighted by atomic mass is 9.96. The minimum atomic E-state index is -0.348. The first-order chi connectivity index (χ1) is 9.47. The van der Waals surface area contributed by atoms with Crippen molar-refractivity contribution in [2.45, 2.75) is 39.2 Å². The third-order valence-electron chi connectivity index (χ3n) is 3.60. The van der Waals surface area contributed by atoms with Crippen LogP contribution in [0.5, 0.6) is 0 Å². The zero-order valence-electron chi connectivity index (χ0n) is 12.1. The van der Waals surface area contributed by atoms with Crippen LogP contribution in [-0.4, -0.2) is 35.8 Å². The molecule has 0 bridgehead atoms. The molecule has 6 heteroatoms. The van der Waals surface area contributed by atoms with Gasteiger partial charge < -0.3 is 16.0 Å². The zero-order chi connectivity index (χ0) is 15.1. The van der Waals surface area contributed by atoms with E-state index in [9.17, 15) is 9.59 Å². The normalized spacial score (nSPS) is 18.2. The van der Waals surface area contributed by atoms with E-state index in [1.807, 2.05) is 24.8 Å². The summed E-state index contributed by atoms with van der Waals surface area (Å²) in [5, 5.41) is 11.8. The summed E-state index contributed by atoms with van der Waals surface area (Å²) in [6.45, 7) is 5.13. The molecule has 0 spiro atoms. The highest BCUT2D eigenvalue weighted by molar-refractivity contribution is 5.97. The molecule has 2 amide bonds. The van der Waals surface area contributed by atoms with Crippen molar-refractivity contribution in [3.63, 3.8) is 0 Å². The first kappa shape index (κ1) is 16.0. The van der Waals surface area contributed by atoms with E-state index in [1.165, 1.54) is 0 Å². The van der Waals surface area contributed by atoms with Crippen LogP contribution in [0, 0.1) is 17.2 Å². The molecule has 0 aliphatic carbocycles. The van der Waals surface area contributed by atoms with Gasteiger partial charge in [0.05, 0.1) is 0 Å². The molecular formula is C14H22N4O2. The molecule has 0 aromatic rings. The van der Waals surface area contributed by atoms with Crippen molar-refractivity contribution in [3.8, 4) is 6.07 Å². The van der Waals surface area contributed by atoms with Crippen LogP contribution in [0.25, 0.3) is 0 Å². The molecule has 1 rings (SSSR count). The third-order valence-corrected chi connectivity index (χ3v) is 3.60. The van der Waals surface area contributed by atoms with Gasteiger partial charge in [-0.2, -0.15) is 5.26 Å². The number of nitrogens with zero attached hydrogens (tertiary/aromatic N) is 2. The molecule has 1 saturated heterocycles. The minimum Gasteiger partial charge on any atom is -0.376 e. The van der Waals surface area contributed by atoms with Crippen LogP contribution in [0.2, 0.25) is 0 Å². The maximum Gasteiger partial charge on any atom is 0.263 e. The van der Waals surface area contributed by atoms with E-state index in [0.29, 0.717) is 25.9 Å². The predicted octanol–water partition coefficient (Wildman–Crippen LogP) is 0.506. The van der Waals surface area contributed by atoms with E-state index in [2.05, 4.69) is 5.32 Å². The second kappa shape index (κ2) is 7.53. The Balaban J connectivity index is 2.60. The Hall–Kier alpha value is -2.03. The zero-order valence-corrected chi connectivity index (χ0v) is 12.1. The summed E-state index contributed by atoms with van der Waals surface area (Å²) in [6.07, 6.45) is 3.72. The molecule has 0 radical (unpaired) electrons. The fraction of sp³-hybridized carbons (Fsp3) is 0.643. The van der Waals surface area contributed by atoms with Gasteiger partial charge in [-0.25, -0.2) is 0 Å². The molecule has 0 aromatic carbocycles. The average molecular weight is 278 g/mol. The Bertz CT molecular complexity index is 431. The predicted molar refractivity (Wildman–Crippen MR) is 75.1 cm³/mol. The number of nitrogens with one attached hydrogen (secondary N) is 1. The summed E-state index contributed by atoms with van der Waals surface area (Å²) >= 11 is 0. The minimum absolute atomic E-state index is 0.0415. The van der Waals surface area contributed by atoms with Gasteiger partial charge in [0.2, 0.25) is 5.91 Å². The second-order valence-corrected chi connectivity index (χ2v) is 5.15. The van der Waals surface area contributed by atoms with Crippen LogP contribution in [-0.2, 0) is 9.59 Å². The lowest BCUT2D eigenvalue weighted by Gasteiger charge is -2.29. The molecule has 1 fully saturated rings. The number of amides is 2. The van der Waals surface area contributed by atoms with Gasteiger partial charge in [0, 0.05) is 31.2 Å². The third kappa shape index (κ3) is 4.57. The smallest absolute Gasteiger partial charge is 0.263 e. The van der Waals surface area contributed by atoms with Crippen LogP contribution in [0.3, 0.4) is 0 Å². The highest BCUT2D eigenvalue weighted by Crippen LogP contribution is 2.17. The molecule has 3 N–H and O–H groups in total. The van der Waals surface area contributed by atoms with E-state index in [1.54, 1.807) is 6.20 Å². The Morgan fingerprint density at radius 1 is 1.50 bits per heavy atom. The number of primary amides is 1. The van der Waals surface area contributed by atoms with Gasteiger partial charge in [-0.3, -0.25) is 9.59 Å². The summed E-state index contributed by atoms with van der Waals surface area (Å²) in [4.78, 5) is 24.9. The number of likely N-dealkylation sites (tertiary alicyclic amines) is 1. The first-order valence-corrected chi connectivity index (χ1v) is 6.94. The van der Waals surface area contributed by atoms with E-state index < -0.39 is 0 Å². The monoisotopic (exact) mass is 278 g/mol. The molecule has 1 aliphatic rings. The number of hydrogen-bond acceptors (Lipinski definition) is 4. The lowest BCUT2D eigenvalue weighted by Crippen LogP contribution is -2.37. The summed E-state index contributed by atoms with van der Waals surface area (Å²) in [5.41, 5.74) is 5.37. The molecule has 0 saturated carbocycles. The van der Waals surface area contributed by atoms with Crippen LogP contribution in [0.4, 0.5) is 0 Å². The fourth-order valence-corrected chi connectivity index (χ4v) is 2.04. The van der Waals surface area contributed by atoms with E-state index >= 15 is 0 Å². The van der Waals surface area contributed by atoms with Crippen molar-refractivity contribution in [3.05, 3.63) is 11.8 Å². The quantitative estimate of drug-likeness (QED) is 0.565. The molecule has 110 valence electrons. The number of nitriles is 1. The van der Waals surface area contributed by atoms with Crippen molar-refractivity contribution in [2.75, 3.05) is 13.1 Å². The molecular weight excluding hydrogens is 256 g/mol. The van der Waals surface area contributed by atoms with Crippen molar-refractivity contribution < 1.29 is 9.59 Å². The molecule has 1 aliphatic heterocycles. The maximum atomic E-state index is 11.9. The number of nitrogens with two attached hydrogens (primary N) is 1. The van der Waals surface area contributed by atoms with Crippen LogP contribution >= 0.6 is 0 Å². The lowest BCUT2D eigenvalue weighted by molar-refractivity contribution is -0.123. The maximum absolute atomic E-state index is 11.9. The second-order valence-electron chi connectivity index (χ2n) is 5.15. The summed E-state index contributed by atoms with van der Waals surface area (Å²) in [6, 6.07) is 1.97. The first-order valence-electron chi connectivity index (χ1n) is 6.94. The number of carbonyl (C=O) groups is 2. The van der Waals surface area contributed by atoms with Crippen molar-refractivity contribution in [2.24, 2.45) is 11.7 Å². The Morgan fingerprint density at radius 2 is 2.10 bits per heavy atom. The fourth-order valence-electron chi connectivity index (χ4n) is 2.04. The van der Waals surface area contributed by atoms with Gasteiger partial charge in [0.25, 0.3) is 5.91 Å². The Morgan fingerprint density at radius 3 is 2.55 bits per heavy atom. The van der Waals surface area contributed by atoms with Crippen molar-refractivity contribution in [1.29, 1.82) is 5.26 Å². The van der Waals surface area contributed by atoms with Crippen molar-refractivity contribution >= 4 is 11.8 Å². The molecule has 0 aromatic heterocycles. The Labute approximate surface area is 119 Å². The van der Waals surface area contributed by atoms with Crippen LogP contribution in [0.15, 0.2) is 11.8 Å². The highest BCUT2D eigenvalue weighted by atomic mass is 16.2. The van der Waals surface area contributed by atoms with Gasteiger partial charge in [0.1, 0.15) is 11.6 Å². The van der Waals surface area contributed by atoms with E-state index in [4.69, 9.17) is 11.0 Å². The standard InChI is InChI=1S/C14H22N4O2/c1-3-10(2)17-14(20)12(8-15)9-18-6-4-11(5-7-18)13(16)19/h9-11H,3-7H2,1-2H3,(H2,16,19)(H,17,20)/b12-9-. The SMILES string of the molecule is CCC(C)NC(=O)/C(C#N)=C\N1CCC(C(N)=O)CC1. The van der Waals surface area contributed by atoms with E-state index in [-0.39, 0.29) is 29.3 Å². The molecule has 1 atom stereocenters. The van der Waals surface area contributed by atoms with Crippen LogP contribution in [0.1, 0.15) is 33.1 Å². The molecule has 1 heterocycles. The molecule has 20 heavy (non-hydrogen) atoms. The summed E-state index contributed by atoms with van der Waals surface area (Å²) in [5.74, 6) is -0.721. The number of rotatable bonds is 5. The molecule has 1 unspecified atom stereocenters. The van der Waals surface area contributed by atoms with Gasteiger partial charge in [-0.05, 0) is 26.2 Å². The van der Waals surface area contributed by atoms with Gasteiger partial charge >= 0.3 is 0 Å². The largest absolute Gasteiger partial charge is 0.376 e. The van der Waals surface area contributed by atoms with Crippen molar-refractivity contribution in [1.82, 2.24) is 10.2 Å². The van der Waals surface area contributed by atoms with Gasteiger partial charge in [0.15, 0.2) is 0 Å². The van der Waals surface area contributed by atoms with Gasteiger partial charge in [-0.15, -0.1) is 0 Å².